The molecule has 4 nitrogen and oxygen atoms in total. The second kappa shape index (κ2) is 4.90. The lowest BCUT2D eigenvalue weighted by atomic mass is 10.2. The Kier molecular flexibility index (Phi) is 2.78. The normalized spacial score (nSPS) is 11.0. The minimum Gasteiger partial charge on any atom is -0.333 e. The van der Waals surface area contributed by atoms with Gasteiger partial charge in [0.15, 0.2) is 0 Å². The van der Waals surface area contributed by atoms with Gasteiger partial charge in [-0.1, -0.05) is 24.3 Å². The van der Waals surface area contributed by atoms with Crippen molar-refractivity contribution in [3.8, 4) is 5.69 Å². The van der Waals surface area contributed by atoms with Crippen LogP contribution in [0.25, 0.3) is 16.7 Å². The molecule has 0 aliphatic heterocycles. The predicted molar refractivity (Wildman–Crippen MR) is 82.4 cm³/mol. The number of rotatable bonds is 3. The van der Waals surface area contributed by atoms with Gasteiger partial charge in [-0.2, -0.15) is 0 Å². The largest absolute Gasteiger partial charge is 0.333 e. The lowest BCUT2D eigenvalue weighted by Crippen LogP contribution is -1.97. The fourth-order valence-electron chi connectivity index (χ4n) is 2.54. The quantitative estimate of drug-likeness (QED) is 0.575. The van der Waals surface area contributed by atoms with Crippen LogP contribution in [0, 0.1) is 0 Å². The maximum absolute atomic E-state index is 4.48. The predicted octanol–water partition coefficient (Wildman–Crippen LogP) is 3.27. The number of fused-ring (bicyclic) bond motifs is 1. The molecule has 4 aromatic rings. The van der Waals surface area contributed by atoms with Crippen molar-refractivity contribution in [1.29, 1.82) is 0 Å². The molecule has 0 fully saturated rings. The zero-order chi connectivity index (χ0) is 14.1. The van der Waals surface area contributed by atoms with Gasteiger partial charge in [-0.05, 0) is 29.8 Å². The van der Waals surface area contributed by atoms with E-state index >= 15 is 0 Å². The number of aromatic nitrogens is 4. The standard InChI is InChI=1S/C17H14N4/c1-2-4-15(5-3-1)21-13-19-16-7-6-14(10-17(16)21)11-20-9-8-18-12-20/h1-10,12-13H,11H2. The third-order valence-corrected chi connectivity index (χ3v) is 3.57. The van der Waals surface area contributed by atoms with Gasteiger partial charge in [0.1, 0.15) is 6.33 Å². The van der Waals surface area contributed by atoms with E-state index in [4.69, 9.17) is 0 Å². The van der Waals surface area contributed by atoms with E-state index in [1.807, 2.05) is 37.1 Å². The van der Waals surface area contributed by atoms with Gasteiger partial charge in [-0.15, -0.1) is 0 Å². The van der Waals surface area contributed by atoms with E-state index in [0.717, 1.165) is 23.3 Å². The van der Waals surface area contributed by atoms with Crippen molar-refractivity contribution in [2.45, 2.75) is 6.54 Å². The van der Waals surface area contributed by atoms with Crippen molar-refractivity contribution in [2.24, 2.45) is 0 Å². The minimum atomic E-state index is 0.815. The second-order valence-electron chi connectivity index (χ2n) is 5.01. The summed E-state index contributed by atoms with van der Waals surface area (Å²) in [5, 5.41) is 0. The molecular weight excluding hydrogens is 260 g/mol. The highest BCUT2D eigenvalue weighted by Gasteiger charge is 2.05. The summed E-state index contributed by atoms with van der Waals surface area (Å²) in [6.45, 7) is 0.815. The van der Waals surface area contributed by atoms with Crippen molar-refractivity contribution in [2.75, 3.05) is 0 Å². The first-order valence-electron chi connectivity index (χ1n) is 6.87. The maximum Gasteiger partial charge on any atom is 0.100 e. The number of hydrogen-bond donors (Lipinski definition) is 0. The monoisotopic (exact) mass is 274 g/mol. The molecule has 0 N–H and O–H groups in total. The fraction of sp³-hybridized carbons (Fsp3) is 0.0588. The van der Waals surface area contributed by atoms with Gasteiger partial charge in [0.05, 0.1) is 17.4 Å². The molecule has 0 bridgehead atoms. The van der Waals surface area contributed by atoms with E-state index in [1.54, 1.807) is 6.20 Å². The Morgan fingerprint density at radius 1 is 0.952 bits per heavy atom. The average molecular weight is 274 g/mol. The fourth-order valence-corrected chi connectivity index (χ4v) is 2.54. The molecule has 0 unspecified atom stereocenters. The highest BCUT2D eigenvalue weighted by Crippen LogP contribution is 2.20. The van der Waals surface area contributed by atoms with Crippen LogP contribution in [0.5, 0.6) is 0 Å². The third-order valence-electron chi connectivity index (χ3n) is 3.57. The van der Waals surface area contributed by atoms with E-state index < -0.39 is 0 Å². The molecule has 2 heterocycles. The van der Waals surface area contributed by atoms with Crippen LogP contribution in [-0.4, -0.2) is 19.1 Å². The first-order chi connectivity index (χ1) is 10.4. The first kappa shape index (κ1) is 11.9. The number of para-hydroxylation sites is 1. The van der Waals surface area contributed by atoms with Gasteiger partial charge < -0.3 is 4.57 Å². The zero-order valence-electron chi connectivity index (χ0n) is 11.4. The van der Waals surface area contributed by atoms with Gasteiger partial charge in [0.25, 0.3) is 0 Å². The van der Waals surface area contributed by atoms with E-state index in [-0.39, 0.29) is 0 Å². The Bertz CT molecular complexity index is 860. The molecular formula is C17H14N4. The van der Waals surface area contributed by atoms with E-state index in [9.17, 15) is 0 Å². The second-order valence-corrected chi connectivity index (χ2v) is 5.01. The molecule has 0 aliphatic carbocycles. The van der Waals surface area contributed by atoms with Crippen LogP contribution in [0.2, 0.25) is 0 Å². The summed E-state index contributed by atoms with van der Waals surface area (Å²) in [4.78, 5) is 8.56. The smallest absolute Gasteiger partial charge is 0.100 e. The van der Waals surface area contributed by atoms with Crippen molar-refractivity contribution in [3.05, 3.63) is 79.1 Å². The summed E-state index contributed by atoms with van der Waals surface area (Å²) in [6, 6.07) is 16.6. The third kappa shape index (κ3) is 2.21. The number of imidazole rings is 2. The highest BCUT2D eigenvalue weighted by molar-refractivity contribution is 5.78. The van der Waals surface area contributed by atoms with Crippen LogP contribution in [0.4, 0.5) is 0 Å². The molecule has 21 heavy (non-hydrogen) atoms. The van der Waals surface area contributed by atoms with Crippen LogP contribution < -0.4 is 0 Å². The molecule has 0 spiro atoms. The summed E-state index contributed by atoms with van der Waals surface area (Å²) >= 11 is 0. The SMILES string of the molecule is c1ccc(-n2cnc3ccc(Cn4ccnc4)cc32)cc1. The molecule has 102 valence electrons. The van der Waals surface area contributed by atoms with Crippen LogP contribution in [0.15, 0.2) is 73.6 Å². The Morgan fingerprint density at radius 3 is 2.67 bits per heavy atom. The van der Waals surface area contributed by atoms with Crippen LogP contribution in [0.3, 0.4) is 0 Å². The first-order valence-corrected chi connectivity index (χ1v) is 6.87. The summed E-state index contributed by atoms with van der Waals surface area (Å²) in [6.07, 6.45) is 7.48. The topological polar surface area (TPSA) is 35.6 Å². The molecule has 0 saturated carbocycles. The van der Waals surface area contributed by atoms with Crippen LogP contribution in [-0.2, 0) is 6.54 Å². The number of benzene rings is 2. The van der Waals surface area contributed by atoms with E-state index in [1.165, 1.54) is 5.56 Å². The maximum atomic E-state index is 4.48. The van der Waals surface area contributed by atoms with Gasteiger partial charge in [0.2, 0.25) is 0 Å². The van der Waals surface area contributed by atoms with Crippen LogP contribution in [0.1, 0.15) is 5.56 Å². The Balaban J connectivity index is 1.79. The lowest BCUT2D eigenvalue weighted by molar-refractivity contribution is 0.798. The Morgan fingerprint density at radius 2 is 1.86 bits per heavy atom. The number of hydrogen-bond acceptors (Lipinski definition) is 2. The van der Waals surface area contributed by atoms with Gasteiger partial charge in [-0.25, -0.2) is 9.97 Å². The minimum absolute atomic E-state index is 0.815. The summed E-state index contributed by atoms with van der Waals surface area (Å²) in [5.74, 6) is 0. The molecule has 0 atom stereocenters. The molecule has 0 saturated heterocycles. The van der Waals surface area contributed by atoms with Crippen molar-refractivity contribution >= 4 is 11.0 Å². The highest BCUT2D eigenvalue weighted by atomic mass is 15.1. The molecule has 2 aromatic heterocycles. The van der Waals surface area contributed by atoms with Gasteiger partial charge in [0, 0.05) is 24.6 Å². The molecule has 2 aromatic carbocycles. The van der Waals surface area contributed by atoms with Crippen molar-refractivity contribution in [1.82, 2.24) is 19.1 Å². The summed E-state index contributed by atoms with van der Waals surface area (Å²) < 4.78 is 4.18. The van der Waals surface area contributed by atoms with Crippen molar-refractivity contribution in [3.63, 3.8) is 0 Å². The molecule has 0 aliphatic rings. The summed E-state index contributed by atoms with van der Waals surface area (Å²) in [5.41, 5.74) is 4.49. The molecule has 0 amide bonds. The van der Waals surface area contributed by atoms with Gasteiger partial charge >= 0.3 is 0 Å². The van der Waals surface area contributed by atoms with E-state index in [0.29, 0.717) is 0 Å². The Labute approximate surface area is 122 Å². The number of nitrogens with zero attached hydrogens (tertiary/aromatic N) is 4. The lowest BCUT2D eigenvalue weighted by Gasteiger charge is -2.06. The molecule has 0 radical (unpaired) electrons. The molecule has 4 heteroatoms. The molecule has 4 rings (SSSR count). The Hall–Kier alpha value is -2.88. The summed E-state index contributed by atoms with van der Waals surface area (Å²) in [7, 11) is 0. The van der Waals surface area contributed by atoms with Gasteiger partial charge in [-0.3, -0.25) is 4.57 Å². The van der Waals surface area contributed by atoms with Crippen molar-refractivity contribution < 1.29 is 0 Å². The van der Waals surface area contributed by atoms with E-state index in [2.05, 4.69) is 49.4 Å². The average Bonchev–Trinajstić information content (AvgIpc) is 3.17. The van der Waals surface area contributed by atoms with Crippen LogP contribution >= 0.6 is 0 Å². The zero-order valence-corrected chi connectivity index (χ0v) is 11.4.